The number of nitrogens with two attached hydrogens (primary N) is 1. The number of hydrogen-bond donors (Lipinski definition) is 1. The third-order valence-electron chi connectivity index (χ3n) is 5.14. The molecule has 7 heteroatoms. The lowest BCUT2D eigenvalue weighted by molar-refractivity contribution is -0.378. The van der Waals surface area contributed by atoms with Crippen LogP contribution in [0, 0.1) is 11.3 Å². The highest BCUT2D eigenvalue weighted by Gasteiger charge is 2.40. The second kappa shape index (κ2) is 7.31. The molecule has 2 aliphatic rings. The Morgan fingerprint density at radius 2 is 2.04 bits per heavy atom. The predicted molar refractivity (Wildman–Crippen MR) is 107 cm³/mol. The summed E-state index contributed by atoms with van der Waals surface area (Å²) in [6, 6.07) is 11.1. The first kappa shape index (κ1) is 18.5. The minimum Gasteiger partial charge on any atom is -0.384 e. The van der Waals surface area contributed by atoms with E-state index in [1.54, 1.807) is 35.5 Å². The number of allylic oxidation sites excluding steroid dienone is 3. The molecule has 3 N–H and O–H groups in total. The van der Waals surface area contributed by atoms with Crippen LogP contribution in [0.5, 0.6) is 0 Å². The molecule has 1 aliphatic heterocycles. The molecule has 0 saturated heterocycles. The number of nitrogens with one attached hydrogen (secondary N) is 1. The Kier molecular flexibility index (Phi) is 4.84. The van der Waals surface area contributed by atoms with Gasteiger partial charge in [-0.05, 0) is 37.1 Å². The lowest BCUT2D eigenvalue weighted by Crippen LogP contribution is -2.38. The van der Waals surface area contributed by atoms with E-state index in [0.717, 1.165) is 17.7 Å². The molecule has 0 radical (unpaired) electrons. The van der Waals surface area contributed by atoms with E-state index in [9.17, 15) is 10.1 Å². The zero-order chi connectivity index (χ0) is 19.8. The monoisotopic (exact) mass is 411 g/mol. The Hall–Kier alpha value is -2.81. The molecular formula is C21H17Cl2N4O+. The van der Waals surface area contributed by atoms with E-state index in [1.807, 2.05) is 12.1 Å². The maximum atomic E-state index is 13.0. The van der Waals surface area contributed by atoms with E-state index in [1.165, 1.54) is 0 Å². The summed E-state index contributed by atoms with van der Waals surface area (Å²) in [5.41, 5.74) is 9.79. The highest BCUT2D eigenvalue weighted by Crippen LogP contribution is 2.46. The van der Waals surface area contributed by atoms with Crippen LogP contribution in [-0.2, 0) is 4.79 Å². The van der Waals surface area contributed by atoms with Gasteiger partial charge in [0, 0.05) is 35.0 Å². The van der Waals surface area contributed by atoms with Crippen molar-refractivity contribution in [3.05, 3.63) is 81.0 Å². The SMILES string of the molecule is N#CC1=C(N)N(c2ccc(Cl)c(Cl)c2)C2=C(C(=O)CCC2)C1c1ccc[nH+]c1. The van der Waals surface area contributed by atoms with Crippen molar-refractivity contribution in [3.63, 3.8) is 0 Å². The third kappa shape index (κ3) is 2.95. The van der Waals surface area contributed by atoms with Gasteiger partial charge >= 0.3 is 0 Å². The van der Waals surface area contributed by atoms with Crippen molar-refractivity contribution in [2.75, 3.05) is 4.90 Å². The van der Waals surface area contributed by atoms with Crippen LogP contribution in [-0.4, -0.2) is 5.78 Å². The van der Waals surface area contributed by atoms with Crippen LogP contribution in [0.2, 0.25) is 10.0 Å². The van der Waals surface area contributed by atoms with Crippen LogP contribution >= 0.6 is 23.2 Å². The number of halogens is 2. The normalized spacial score (nSPS) is 19.5. The van der Waals surface area contributed by atoms with Crippen molar-refractivity contribution < 1.29 is 9.78 Å². The number of pyridine rings is 1. The van der Waals surface area contributed by atoms with Gasteiger partial charge in [0.1, 0.15) is 5.82 Å². The average Bonchev–Trinajstić information content (AvgIpc) is 2.70. The molecule has 28 heavy (non-hydrogen) atoms. The van der Waals surface area contributed by atoms with E-state index in [2.05, 4.69) is 11.1 Å². The summed E-state index contributed by atoms with van der Waals surface area (Å²) in [6.07, 6.45) is 5.47. The van der Waals surface area contributed by atoms with Gasteiger partial charge in [-0.15, -0.1) is 0 Å². The van der Waals surface area contributed by atoms with Crippen molar-refractivity contribution in [2.24, 2.45) is 5.73 Å². The molecule has 1 aliphatic carbocycles. The van der Waals surface area contributed by atoms with E-state index < -0.39 is 5.92 Å². The number of rotatable bonds is 2. The fraction of sp³-hybridized carbons (Fsp3) is 0.190. The molecule has 1 atom stereocenters. The number of aromatic nitrogens is 1. The fourth-order valence-corrected chi connectivity index (χ4v) is 4.22. The molecule has 4 rings (SSSR count). The minimum absolute atomic E-state index is 0.0420. The molecule has 0 amide bonds. The number of carbonyl (C=O) groups excluding carboxylic acids is 1. The Morgan fingerprint density at radius 1 is 1.21 bits per heavy atom. The number of aromatic amines is 1. The maximum absolute atomic E-state index is 13.0. The second-order valence-corrected chi connectivity index (χ2v) is 7.57. The molecule has 0 fully saturated rings. The Bertz CT molecular complexity index is 1070. The van der Waals surface area contributed by atoms with Crippen LogP contribution in [0.15, 0.2) is 65.4 Å². The number of hydrogen-bond acceptors (Lipinski definition) is 4. The molecule has 2 heterocycles. The summed E-state index contributed by atoms with van der Waals surface area (Å²) in [5, 5.41) is 10.7. The van der Waals surface area contributed by atoms with Gasteiger partial charge in [-0.1, -0.05) is 23.2 Å². The van der Waals surface area contributed by atoms with E-state index in [-0.39, 0.29) is 5.78 Å². The van der Waals surface area contributed by atoms with Crippen LogP contribution in [0.3, 0.4) is 0 Å². The number of Topliss-reactive ketones (excluding diaryl/α,β-unsaturated/α-hetero) is 1. The zero-order valence-corrected chi connectivity index (χ0v) is 16.4. The quantitative estimate of drug-likeness (QED) is 0.805. The highest BCUT2D eigenvalue weighted by atomic mass is 35.5. The minimum atomic E-state index is -0.482. The zero-order valence-electron chi connectivity index (χ0n) is 14.9. The molecule has 2 aromatic rings. The number of nitrogens with zero attached hydrogens (tertiary/aromatic N) is 2. The smallest absolute Gasteiger partial charge is 0.171 e. The molecule has 0 bridgehead atoms. The summed E-state index contributed by atoms with van der Waals surface area (Å²) in [5.74, 6) is -0.132. The van der Waals surface area contributed by atoms with Gasteiger partial charge in [-0.2, -0.15) is 5.26 Å². The molecule has 1 aromatic carbocycles. The highest BCUT2D eigenvalue weighted by molar-refractivity contribution is 6.42. The van der Waals surface area contributed by atoms with E-state index in [4.69, 9.17) is 28.9 Å². The second-order valence-electron chi connectivity index (χ2n) is 6.75. The van der Waals surface area contributed by atoms with Gasteiger partial charge in [0.25, 0.3) is 0 Å². The van der Waals surface area contributed by atoms with Crippen molar-refractivity contribution in [2.45, 2.75) is 25.2 Å². The Morgan fingerprint density at radius 3 is 2.71 bits per heavy atom. The molecule has 5 nitrogen and oxygen atoms in total. The first-order valence-corrected chi connectivity index (χ1v) is 9.65. The van der Waals surface area contributed by atoms with E-state index in [0.29, 0.717) is 45.5 Å². The summed E-state index contributed by atoms with van der Waals surface area (Å²) < 4.78 is 0. The van der Waals surface area contributed by atoms with Crippen LogP contribution < -0.4 is 15.6 Å². The maximum Gasteiger partial charge on any atom is 0.171 e. The van der Waals surface area contributed by atoms with Crippen molar-refractivity contribution >= 4 is 34.7 Å². The molecule has 0 saturated carbocycles. The standard InChI is InChI=1S/C21H16Cl2N4O/c22-15-7-6-13(9-16(15)23)27-17-4-1-5-18(28)20(17)19(14(10-24)21(27)25)12-3-2-8-26-11-12/h2-3,6-9,11,19H,1,4-5,25H2/p+1. The van der Waals surface area contributed by atoms with Gasteiger partial charge in [0.2, 0.25) is 0 Å². The number of carbonyl (C=O) groups is 1. The van der Waals surface area contributed by atoms with Gasteiger partial charge in [0.05, 0.1) is 27.6 Å². The summed E-state index contributed by atoms with van der Waals surface area (Å²) in [4.78, 5) is 17.8. The first-order chi connectivity index (χ1) is 13.5. The number of nitriles is 1. The third-order valence-corrected chi connectivity index (χ3v) is 5.88. The number of ketones is 1. The van der Waals surface area contributed by atoms with Gasteiger partial charge in [0.15, 0.2) is 18.2 Å². The predicted octanol–water partition coefficient (Wildman–Crippen LogP) is 4.11. The van der Waals surface area contributed by atoms with Gasteiger partial charge < -0.3 is 5.73 Å². The van der Waals surface area contributed by atoms with Crippen molar-refractivity contribution in [1.82, 2.24) is 0 Å². The van der Waals surface area contributed by atoms with E-state index >= 15 is 0 Å². The summed E-state index contributed by atoms with van der Waals surface area (Å²) in [6.45, 7) is 0. The number of benzene rings is 1. The van der Waals surface area contributed by atoms with Crippen LogP contribution in [0.25, 0.3) is 0 Å². The van der Waals surface area contributed by atoms with Gasteiger partial charge in [-0.25, -0.2) is 4.98 Å². The molecule has 1 unspecified atom stereocenters. The van der Waals surface area contributed by atoms with Crippen molar-refractivity contribution in [1.29, 1.82) is 5.26 Å². The largest absolute Gasteiger partial charge is 0.384 e. The number of anilines is 1. The number of H-pyrrole nitrogens is 1. The molecule has 140 valence electrons. The topological polar surface area (TPSA) is 84.3 Å². The van der Waals surface area contributed by atoms with Crippen LogP contribution in [0.4, 0.5) is 5.69 Å². The summed E-state index contributed by atoms with van der Waals surface area (Å²) >= 11 is 12.3. The van der Waals surface area contributed by atoms with Gasteiger partial charge in [-0.3, -0.25) is 9.69 Å². The molecular weight excluding hydrogens is 395 g/mol. The lowest BCUT2D eigenvalue weighted by Gasteiger charge is -2.39. The molecule has 1 aromatic heterocycles. The average molecular weight is 412 g/mol. The Labute approximate surface area is 172 Å². The van der Waals surface area contributed by atoms with Crippen molar-refractivity contribution in [3.8, 4) is 6.07 Å². The fourth-order valence-electron chi connectivity index (χ4n) is 3.93. The lowest BCUT2D eigenvalue weighted by atomic mass is 9.76. The first-order valence-electron chi connectivity index (χ1n) is 8.90. The summed E-state index contributed by atoms with van der Waals surface area (Å²) in [7, 11) is 0. The van der Waals surface area contributed by atoms with Crippen LogP contribution in [0.1, 0.15) is 30.7 Å². The molecule has 0 spiro atoms. The Balaban J connectivity index is 1.97.